The van der Waals surface area contributed by atoms with E-state index in [1.165, 1.54) is 11.9 Å². The molecule has 2 heterocycles. The molecule has 0 aliphatic heterocycles. The highest BCUT2D eigenvalue weighted by molar-refractivity contribution is 5.75. The number of nitrogens with one attached hydrogen (secondary N) is 1. The Morgan fingerprint density at radius 2 is 2.05 bits per heavy atom. The van der Waals surface area contributed by atoms with E-state index in [9.17, 15) is 0 Å². The molecule has 0 atom stereocenters. The van der Waals surface area contributed by atoms with Crippen LogP contribution in [0.5, 0.6) is 0 Å². The highest BCUT2D eigenvalue weighted by atomic mass is 15.1. The Kier molecular flexibility index (Phi) is 3.27. The third-order valence-electron chi connectivity index (χ3n) is 3.26. The topological polar surface area (TPSA) is 81.7 Å². The van der Waals surface area contributed by atoms with Crippen LogP contribution in [0, 0.1) is 13.8 Å². The highest BCUT2D eigenvalue weighted by Gasteiger charge is 2.10. The molecular formula is C15H16N6. The monoisotopic (exact) mass is 280 g/mol. The zero-order chi connectivity index (χ0) is 14.8. The van der Waals surface area contributed by atoms with Gasteiger partial charge in [0.05, 0.1) is 0 Å². The molecule has 1 aromatic carbocycles. The maximum Gasteiger partial charge on any atom is 0.166 e. The lowest BCUT2D eigenvalue weighted by atomic mass is 10.1. The van der Waals surface area contributed by atoms with Gasteiger partial charge in [-0.25, -0.2) is 15.0 Å². The summed E-state index contributed by atoms with van der Waals surface area (Å²) in [5.41, 5.74) is 9.94. The van der Waals surface area contributed by atoms with Crippen molar-refractivity contribution in [2.75, 3.05) is 11.1 Å². The van der Waals surface area contributed by atoms with E-state index in [0.29, 0.717) is 17.3 Å². The summed E-state index contributed by atoms with van der Waals surface area (Å²) in [6.07, 6.45) is 6.61. The Hall–Kier alpha value is -2.89. The molecule has 0 bridgehead atoms. The minimum absolute atomic E-state index is 0.483. The summed E-state index contributed by atoms with van der Waals surface area (Å²) in [6.45, 7) is 4.08. The van der Waals surface area contributed by atoms with E-state index in [0.717, 1.165) is 11.3 Å². The van der Waals surface area contributed by atoms with Crippen molar-refractivity contribution in [1.82, 2.24) is 19.5 Å². The number of anilines is 3. The van der Waals surface area contributed by atoms with Crippen LogP contribution in [0.2, 0.25) is 0 Å². The highest BCUT2D eigenvalue weighted by Crippen LogP contribution is 2.26. The number of nitrogens with two attached hydrogens (primary N) is 1. The van der Waals surface area contributed by atoms with Crippen molar-refractivity contribution in [3.05, 3.63) is 54.4 Å². The van der Waals surface area contributed by atoms with Crippen molar-refractivity contribution in [2.45, 2.75) is 13.8 Å². The van der Waals surface area contributed by atoms with Crippen molar-refractivity contribution < 1.29 is 0 Å². The quantitative estimate of drug-likeness (QED) is 0.770. The lowest BCUT2D eigenvalue weighted by Crippen LogP contribution is -2.07. The van der Waals surface area contributed by atoms with E-state index in [1.807, 2.05) is 13.8 Å². The first-order valence-electron chi connectivity index (χ1n) is 6.58. The molecule has 3 N–H and O–H groups in total. The minimum Gasteiger partial charge on any atom is -0.393 e. The molecule has 0 aliphatic carbocycles. The molecule has 106 valence electrons. The second-order valence-electron chi connectivity index (χ2n) is 4.87. The summed E-state index contributed by atoms with van der Waals surface area (Å²) < 4.78 is 1.76. The fourth-order valence-electron chi connectivity index (χ4n) is 2.07. The minimum atomic E-state index is 0.483. The predicted molar refractivity (Wildman–Crippen MR) is 82.8 cm³/mol. The van der Waals surface area contributed by atoms with Gasteiger partial charge in [0.25, 0.3) is 0 Å². The molecule has 3 rings (SSSR count). The number of nitrogens with zero attached hydrogens (tertiary/aromatic N) is 4. The van der Waals surface area contributed by atoms with Gasteiger partial charge in [-0.15, -0.1) is 0 Å². The summed E-state index contributed by atoms with van der Waals surface area (Å²) >= 11 is 0. The van der Waals surface area contributed by atoms with E-state index >= 15 is 0 Å². The first kappa shape index (κ1) is 13.1. The fourth-order valence-corrected chi connectivity index (χ4v) is 2.07. The lowest BCUT2D eigenvalue weighted by Gasteiger charge is -2.13. The molecule has 0 radical (unpaired) electrons. The molecule has 0 spiro atoms. The SMILES string of the molecule is Cc1ccc(C)c(Nc2ncnc(-n3ccnc3)c2N)c1. The van der Waals surface area contributed by atoms with Crippen LogP contribution in [0.4, 0.5) is 17.2 Å². The number of nitrogen functional groups attached to an aromatic ring is 1. The maximum absolute atomic E-state index is 6.17. The molecule has 2 aromatic heterocycles. The summed E-state index contributed by atoms with van der Waals surface area (Å²) in [7, 11) is 0. The van der Waals surface area contributed by atoms with E-state index in [1.54, 1.807) is 23.3 Å². The van der Waals surface area contributed by atoms with Crippen molar-refractivity contribution in [2.24, 2.45) is 0 Å². The predicted octanol–water partition coefficient (Wildman–Crippen LogP) is 2.60. The number of imidazole rings is 1. The van der Waals surface area contributed by atoms with E-state index in [4.69, 9.17) is 5.73 Å². The lowest BCUT2D eigenvalue weighted by molar-refractivity contribution is 0.977. The Morgan fingerprint density at radius 1 is 1.19 bits per heavy atom. The van der Waals surface area contributed by atoms with Gasteiger partial charge in [-0.1, -0.05) is 12.1 Å². The van der Waals surface area contributed by atoms with Gasteiger partial charge in [0, 0.05) is 18.1 Å². The fraction of sp³-hybridized carbons (Fsp3) is 0.133. The maximum atomic E-state index is 6.17. The molecule has 21 heavy (non-hydrogen) atoms. The zero-order valence-corrected chi connectivity index (χ0v) is 11.9. The molecule has 0 saturated heterocycles. The largest absolute Gasteiger partial charge is 0.393 e. The summed E-state index contributed by atoms with van der Waals surface area (Å²) in [5.74, 6) is 1.19. The summed E-state index contributed by atoms with van der Waals surface area (Å²) in [5, 5.41) is 3.27. The Balaban J connectivity index is 2.00. The van der Waals surface area contributed by atoms with Crippen molar-refractivity contribution >= 4 is 17.2 Å². The second kappa shape index (κ2) is 5.24. The molecule has 0 aliphatic rings. The van der Waals surface area contributed by atoms with Gasteiger partial charge in [0.1, 0.15) is 18.3 Å². The smallest absolute Gasteiger partial charge is 0.166 e. The Labute approximate surface area is 122 Å². The average molecular weight is 280 g/mol. The Morgan fingerprint density at radius 3 is 2.81 bits per heavy atom. The standard InChI is InChI=1S/C15H16N6/c1-10-3-4-11(2)12(7-10)20-14-13(16)15(19-8-18-14)21-6-5-17-9-21/h3-9H,16H2,1-2H3,(H,18,19,20). The number of aryl methyl sites for hydroxylation is 2. The van der Waals surface area contributed by atoms with Gasteiger partial charge in [-0.05, 0) is 31.0 Å². The molecule has 3 aromatic rings. The molecule has 0 fully saturated rings. The van der Waals surface area contributed by atoms with Crippen LogP contribution in [0.1, 0.15) is 11.1 Å². The average Bonchev–Trinajstić information content (AvgIpc) is 2.99. The van der Waals surface area contributed by atoms with Crippen LogP contribution in [-0.4, -0.2) is 19.5 Å². The molecule has 6 nitrogen and oxygen atoms in total. The van der Waals surface area contributed by atoms with Crippen LogP contribution in [0.25, 0.3) is 5.82 Å². The number of aromatic nitrogens is 4. The summed E-state index contributed by atoms with van der Waals surface area (Å²) in [6, 6.07) is 6.19. The van der Waals surface area contributed by atoms with Crippen molar-refractivity contribution in [1.29, 1.82) is 0 Å². The normalized spacial score (nSPS) is 10.6. The van der Waals surface area contributed by atoms with Crippen LogP contribution in [0.15, 0.2) is 43.2 Å². The molecule has 6 heteroatoms. The molecule has 0 amide bonds. The van der Waals surface area contributed by atoms with Crippen LogP contribution in [-0.2, 0) is 0 Å². The van der Waals surface area contributed by atoms with Crippen LogP contribution in [0.3, 0.4) is 0 Å². The van der Waals surface area contributed by atoms with Gasteiger partial charge in [0.2, 0.25) is 0 Å². The third-order valence-corrected chi connectivity index (χ3v) is 3.26. The first-order valence-corrected chi connectivity index (χ1v) is 6.58. The number of benzene rings is 1. The van der Waals surface area contributed by atoms with Crippen LogP contribution < -0.4 is 11.1 Å². The van der Waals surface area contributed by atoms with Gasteiger partial charge in [0.15, 0.2) is 11.6 Å². The van der Waals surface area contributed by atoms with Crippen LogP contribution >= 0.6 is 0 Å². The molecule has 0 saturated carbocycles. The summed E-state index contributed by atoms with van der Waals surface area (Å²) in [4.78, 5) is 12.4. The number of hydrogen-bond donors (Lipinski definition) is 2. The number of hydrogen-bond acceptors (Lipinski definition) is 5. The van der Waals surface area contributed by atoms with Gasteiger partial charge >= 0.3 is 0 Å². The Bertz CT molecular complexity index is 764. The van der Waals surface area contributed by atoms with E-state index in [-0.39, 0.29) is 0 Å². The first-order chi connectivity index (χ1) is 10.1. The zero-order valence-electron chi connectivity index (χ0n) is 11.9. The van der Waals surface area contributed by atoms with Gasteiger partial charge in [-0.3, -0.25) is 4.57 Å². The van der Waals surface area contributed by atoms with E-state index in [2.05, 4.69) is 38.5 Å². The molecule has 0 unspecified atom stereocenters. The van der Waals surface area contributed by atoms with Crippen molar-refractivity contribution in [3.63, 3.8) is 0 Å². The van der Waals surface area contributed by atoms with Gasteiger partial charge < -0.3 is 11.1 Å². The van der Waals surface area contributed by atoms with Gasteiger partial charge in [-0.2, -0.15) is 0 Å². The second-order valence-corrected chi connectivity index (χ2v) is 4.87. The van der Waals surface area contributed by atoms with Crippen molar-refractivity contribution in [3.8, 4) is 5.82 Å². The number of rotatable bonds is 3. The molecular weight excluding hydrogens is 264 g/mol. The third kappa shape index (κ3) is 2.55. The van der Waals surface area contributed by atoms with E-state index < -0.39 is 0 Å².